The van der Waals surface area contributed by atoms with Crippen molar-refractivity contribution in [1.82, 2.24) is 9.55 Å². The number of para-hydroxylation sites is 3. The van der Waals surface area contributed by atoms with E-state index in [1.165, 1.54) is 21.9 Å². The summed E-state index contributed by atoms with van der Waals surface area (Å²) in [7, 11) is 0. The van der Waals surface area contributed by atoms with Gasteiger partial charge in [0.2, 0.25) is 0 Å². The highest BCUT2D eigenvalue weighted by atomic mass is 16.3. The Morgan fingerprint density at radius 2 is 0.930 bits per heavy atom. The topological polar surface area (TPSA) is 44.1 Å². The van der Waals surface area contributed by atoms with E-state index in [4.69, 9.17) is 13.8 Å². The van der Waals surface area contributed by atoms with Crippen LogP contribution in [0.15, 0.2) is 203 Å². The minimum absolute atomic E-state index is 0.850. The predicted molar refractivity (Wildman–Crippen MR) is 235 cm³/mol. The third-order valence-electron chi connectivity index (χ3n) is 11.4. The number of aromatic nitrogens is 2. The maximum Gasteiger partial charge on any atom is 0.136 e. The second-order valence-electron chi connectivity index (χ2n) is 14.7. The lowest BCUT2D eigenvalue weighted by atomic mass is 9.98. The van der Waals surface area contributed by atoms with Gasteiger partial charge in [0.05, 0.1) is 22.4 Å². The molecule has 0 aliphatic heterocycles. The van der Waals surface area contributed by atoms with Gasteiger partial charge in [0.25, 0.3) is 0 Å². The van der Waals surface area contributed by atoms with Crippen molar-refractivity contribution in [3.63, 3.8) is 0 Å². The molecular weight excluding hydrogens is 697 g/mol. The second kappa shape index (κ2) is 12.4. The quantitative estimate of drug-likeness (QED) is 0.177. The van der Waals surface area contributed by atoms with Crippen molar-refractivity contribution in [2.75, 3.05) is 0 Å². The molecular formula is C53H32N2O2. The van der Waals surface area contributed by atoms with E-state index in [2.05, 4.69) is 168 Å². The number of hydrogen-bond donors (Lipinski definition) is 0. The SMILES string of the molecule is c1ccc(-c2ccc(-c3cc(-c4cccc(-n5c6ccccc6c6c7c(ccc65)oc5ccccc57)c4)cc(-c4ccc5c(c4)oc4ccccc45)n3)cc2)cc1. The summed E-state index contributed by atoms with van der Waals surface area (Å²) in [5.41, 5.74) is 15.3. The predicted octanol–water partition coefficient (Wildman–Crippen LogP) is 14.6. The van der Waals surface area contributed by atoms with Crippen molar-refractivity contribution in [2.24, 2.45) is 0 Å². The zero-order valence-corrected chi connectivity index (χ0v) is 30.7. The molecule has 0 radical (unpaired) electrons. The van der Waals surface area contributed by atoms with Gasteiger partial charge >= 0.3 is 0 Å². The van der Waals surface area contributed by atoms with Crippen LogP contribution < -0.4 is 0 Å². The van der Waals surface area contributed by atoms with E-state index >= 15 is 0 Å². The third kappa shape index (κ3) is 5.04. The molecule has 0 fully saturated rings. The number of fused-ring (bicyclic) bond motifs is 10. The van der Waals surface area contributed by atoms with Gasteiger partial charge in [-0.2, -0.15) is 0 Å². The lowest BCUT2D eigenvalue weighted by Gasteiger charge is -2.13. The van der Waals surface area contributed by atoms with E-state index in [9.17, 15) is 0 Å². The zero-order chi connectivity index (χ0) is 37.5. The highest BCUT2D eigenvalue weighted by Gasteiger charge is 2.19. The summed E-state index contributed by atoms with van der Waals surface area (Å²) in [6.45, 7) is 0. The van der Waals surface area contributed by atoms with E-state index in [-0.39, 0.29) is 0 Å². The summed E-state index contributed by atoms with van der Waals surface area (Å²) >= 11 is 0. The third-order valence-corrected chi connectivity index (χ3v) is 11.4. The van der Waals surface area contributed by atoms with Gasteiger partial charge < -0.3 is 13.4 Å². The van der Waals surface area contributed by atoms with E-state index < -0.39 is 0 Å². The number of nitrogens with zero attached hydrogens (tertiary/aromatic N) is 2. The molecule has 0 spiro atoms. The molecule has 0 aliphatic carbocycles. The molecule has 57 heavy (non-hydrogen) atoms. The first-order valence-corrected chi connectivity index (χ1v) is 19.3. The van der Waals surface area contributed by atoms with Crippen LogP contribution in [0.25, 0.3) is 116 Å². The van der Waals surface area contributed by atoms with Crippen LogP contribution in [0.4, 0.5) is 0 Å². The van der Waals surface area contributed by atoms with Crippen molar-refractivity contribution in [3.05, 3.63) is 194 Å². The largest absolute Gasteiger partial charge is 0.456 e. The Morgan fingerprint density at radius 3 is 1.77 bits per heavy atom. The summed E-state index contributed by atoms with van der Waals surface area (Å²) in [5, 5.41) is 6.89. The Balaban J connectivity index is 1.04. The Bertz CT molecular complexity index is 3510. The van der Waals surface area contributed by atoms with Crippen LogP contribution in [0.1, 0.15) is 0 Å². The molecule has 0 bridgehead atoms. The molecule has 4 aromatic heterocycles. The number of furan rings is 2. The van der Waals surface area contributed by atoms with Gasteiger partial charge in [-0.05, 0) is 89.0 Å². The van der Waals surface area contributed by atoms with Crippen LogP contribution in [0.3, 0.4) is 0 Å². The molecule has 266 valence electrons. The second-order valence-corrected chi connectivity index (χ2v) is 14.7. The summed E-state index contributed by atoms with van der Waals surface area (Å²) in [6.07, 6.45) is 0. The van der Waals surface area contributed by atoms with Crippen LogP contribution in [-0.2, 0) is 0 Å². The number of rotatable bonds is 5. The van der Waals surface area contributed by atoms with E-state index in [0.717, 1.165) is 94.2 Å². The van der Waals surface area contributed by atoms with Crippen LogP contribution in [-0.4, -0.2) is 9.55 Å². The highest BCUT2D eigenvalue weighted by Crippen LogP contribution is 2.42. The van der Waals surface area contributed by atoms with Crippen molar-refractivity contribution >= 4 is 65.7 Å². The molecule has 4 heterocycles. The van der Waals surface area contributed by atoms with Gasteiger partial charge in [0.1, 0.15) is 22.3 Å². The molecule has 0 saturated carbocycles. The molecule has 0 aliphatic rings. The fraction of sp³-hybridized carbons (Fsp3) is 0. The number of benzene rings is 8. The molecule has 4 nitrogen and oxygen atoms in total. The van der Waals surface area contributed by atoms with E-state index in [1.54, 1.807) is 0 Å². The van der Waals surface area contributed by atoms with Gasteiger partial charge in [-0.3, -0.25) is 0 Å². The van der Waals surface area contributed by atoms with Crippen LogP contribution in [0, 0.1) is 0 Å². The molecule has 0 N–H and O–H groups in total. The van der Waals surface area contributed by atoms with Crippen LogP contribution >= 0.6 is 0 Å². The Kier molecular flexibility index (Phi) is 6.89. The molecule has 8 aromatic carbocycles. The molecule has 12 aromatic rings. The average Bonchev–Trinajstić information content (AvgIpc) is 3.96. The maximum absolute atomic E-state index is 6.34. The van der Waals surface area contributed by atoms with Crippen molar-refractivity contribution in [1.29, 1.82) is 0 Å². The summed E-state index contributed by atoms with van der Waals surface area (Å²) in [4.78, 5) is 5.31. The van der Waals surface area contributed by atoms with Gasteiger partial charge in [0, 0.05) is 49.1 Å². The standard InChI is InChI=1S/C53H32N2O2/c1-2-11-33(12-3-1)34-21-23-35(24-22-34)44-30-38(31-45(54-44)37-25-26-41-40-15-5-8-19-48(40)57-51(41)32-37)36-13-10-14-39(29-36)55-46-18-7-4-16-42(46)52-47(55)27-28-50-53(52)43-17-6-9-20-49(43)56-50/h1-32H. The summed E-state index contributed by atoms with van der Waals surface area (Å²) in [5.74, 6) is 0. The van der Waals surface area contributed by atoms with Gasteiger partial charge in [-0.1, -0.05) is 127 Å². The average molecular weight is 729 g/mol. The molecule has 4 heteroatoms. The molecule has 0 unspecified atom stereocenters. The number of hydrogen-bond acceptors (Lipinski definition) is 3. The number of pyridine rings is 1. The van der Waals surface area contributed by atoms with Gasteiger partial charge in [0.15, 0.2) is 0 Å². The van der Waals surface area contributed by atoms with Crippen LogP contribution in [0.2, 0.25) is 0 Å². The minimum Gasteiger partial charge on any atom is -0.456 e. The normalized spacial score (nSPS) is 11.9. The lowest BCUT2D eigenvalue weighted by molar-refractivity contribution is 0.668. The molecule has 0 amide bonds. The molecule has 0 saturated heterocycles. The first kappa shape index (κ1) is 31.6. The fourth-order valence-electron chi connectivity index (χ4n) is 8.72. The highest BCUT2D eigenvalue weighted by molar-refractivity contribution is 6.27. The van der Waals surface area contributed by atoms with Crippen molar-refractivity contribution < 1.29 is 8.83 Å². The van der Waals surface area contributed by atoms with Gasteiger partial charge in [-0.15, -0.1) is 0 Å². The fourth-order valence-corrected chi connectivity index (χ4v) is 8.72. The smallest absolute Gasteiger partial charge is 0.136 e. The van der Waals surface area contributed by atoms with Crippen molar-refractivity contribution in [3.8, 4) is 50.5 Å². The summed E-state index contributed by atoms with van der Waals surface area (Å²) < 4.78 is 15.1. The first-order chi connectivity index (χ1) is 28.2. The Hall–Kier alpha value is -7.69. The summed E-state index contributed by atoms with van der Waals surface area (Å²) in [6, 6.07) is 68.4. The molecule has 12 rings (SSSR count). The minimum atomic E-state index is 0.850. The van der Waals surface area contributed by atoms with E-state index in [0.29, 0.717) is 0 Å². The Labute approximate surface area is 327 Å². The zero-order valence-electron chi connectivity index (χ0n) is 30.7. The van der Waals surface area contributed by atoms with Crippen molar-refractivity contribution in [2.45, 2.75) is 0 Å². The van der Waals surface area contributed by atoms with E-state index in [1.807, 2.05) is 30.3 Å². The maximum atomic E-state index is 6.34. The van der Waals surface area contributed by atoms with Crippen LogP contribution in [0.5, 0.6) is 0 Å². The van der Waals surface area contributed by atoms with Gasteiger partial charge in [-0.25, -0.2) is 4.98 Å². The monoisotopic (exact) mass is 728 g/mol. The first-order valence-electron chi connectivity index (χ1n) is 19.3. The lowest BCUT2D eigenvalue weighted by Crippen LogP contribution is -1.95. The Morgan fingerprint density at radius 1 is 0.316 bits per heavy atom. The molecule has 0 atom stereocenters.